The summed E-state index contributed by atoms with van der Waals surface area (Å²) in [6.45, 7) is 3.89. The molecule has 0 saturated heterocycles. The summed E-state index contributed by atoms with van der Waals surface area (Å²) < 4.78 is 0. The lowest BCUT2D eigenvalue weighted by molar-refractivity contribution is 0.953. The van der Waals surface area contributed by atoms with Crippen LogP contribution in [-0.2, 0) is 6.42 Å². The van der Waals surface area contributed by atoms with Gasteiger partial charge in [0.15, 0.2) is 0 Å². The van der Waals surface area contributed by atoms with Crippen LogP contribution >= 0.6 is 0 Å². The van der Waals surface area contributed by atoms with Gasteiger partial charge >= 0.3 is 0 Å². The van der Waals surface area contributed by atoms with Gasteiger partial charge in [-0.1, -0.05) is 30.3 Å². The van der Waals surface area contributed by atoms with Crippen LogP contribution in [-0.4, -0.2) is 9.97 Å². The topological polar surface area (TPSA) is 25.8 Å². The van der Waals surface area contributed by atoms with Gasteiger partial charge in [-0.2, -0.15) is 0 Å². The molecule has 0 spiro atoms. The zero-order chi connectivity index (χ0) is 10.7. The van der Waals surface area contributed by atoms with Crippen molar-refractivity contribution in [1.82, 2.24) is 9.97 Å². The molecule has 1 aromatic heterocycles. The van der Waals surface area contributed by atoms with Crippen LogP contribution in [0, 0.1) is 20.0 Å². The minimum absolute atomic E-state index is 0.782. The van der Waals surface area contributed by atoms with E-state index in [2.05, 4.69) is 28.3 Å². The molecule has 0 saturated carbocycles. The molecular weight excluding hydrogens is 184 g/mol. The molecule has 0 aliphatic heterocycles. The Hall–Kier alpha value is -1.70. The number of aryl methyl sites for hydroxylation is 2. The van der Waals surface area contributed by atoms with Gasteiger partial charge in [-0.25, -0.2) is 9.97 Å². The first kappa shape index (κ1) is 9.84. The second-order valence-corrected chi connectivity index (χ2v) is 3.61. The van der Waals surface area contributed by atoms with Crippen molar-refractivity contribution in [3.63, 3.8) is 0 Å². The molecule has 2 rings (SSSR count). The average molecular weight is 197 g/mol. The van der Waals surface area contributed by atoms with E-state index in [4.69, 9.17) is 0 Å². The number of rotatable bonds is 2. The minimum Gasteiger partial charge on any atom is -0.238 e. The van der Waals surface area contributed by atoms with Crippen molar-refractivity contribution in [2.45, 2.75) is 20.3 Å². The Bertz CT molecular complexity index is 449. The van der Waals surface area contributed by atoms with E-state index in [9.17, 15) is 0 Å². The maximum atomic E-state index is 4.33. The van der Waals surface area contributed by atoms with Crippen LogP contribution in [0.3, 0.4) is 0 Å². The Morgan fingerprint density at radius 3 is 2.53 bits per heavy atom. The molecule has 0 bridgehead atoms. The predicted octanol–water partition coefficient (Wildman–Crippen LogP) is 2.48. The highest BCUT2D eigenvalue weighted by Crippen LogP contribution is 2.10. The summed E-state index contributed by atoms with van der Waals surface area (Å²) in [5.74, 6) is 0.782. The Kier molecular flexibility index (Phi) is 2.77. The van der Waals surface area contributed by atoms with E-state index in [1.807, 2.05) is 32.0 Å². The summed E-state index contributed by atoms with van der Waals surface area (Å²) in [5, 5.41) is 0. The monoisotopic (exact) mass is 197 g/mol. The molecule has 1 heterocycles. The standard InChI is InChI=1S/C13H13N2/c1-10-13(9-14-11(2)15-10)8-12-6-4-3-5-7-12/h3-7H,8H2,1-2H3. The van der Waals surface area contributed by atoms with Crippen LogP contribution in [0.4, 0.5) is 0 Å². The highest BCUT2D eigenvalue weighted by molar-refractivity contribution is 5.25. The molecule has 0 fully saturated rings. The second kappa shape index (κ2) is 4.22. The maximum Gasteiger partial charge on any atom is 0.126 e. The number of aromatic nitrogens is 2. The van der Waals surface area contributed by atoms with E-state index in [-0.39, 0.29) is 0 Å². The lowest BCUT2D eigenvalue weighted by atomic mass is 10.1. The van der Waals surface area contributed by atoms with Gasteiger partial charge in [0, 0.05) is 17.7 Å². The fourth-order valence-electron chi connectivity index (χ4n) is 1.53. The zero-order valence-electron chi connectivity index (χ0n) is 8.99. The zero-order valence-corrected chi connectivity index (χ0v) is 8.99. The first-order valence-corrected chi connectivity index (χ1v) is 5.01. The van der Waals surface area contributed by atoms with Crippen molar-refractivity contribution >= 4 is 0 Å². The smallest absolute Gasteiger partial charge is 0.126 e. The highest BCUT2D eigenvalue weighted by Gasteiger charge is 2.02. The Morgan fingerprint density at radius 1 is 1.13 bits per heavy atom. The van der Waals surface area contributed by atoms with Crippen molar-refractivity contribution in [2.24, 2.45) is 0 Å². The van der Waals surface area contributed by atoms with Crippen molar-refractivity contribution in [3.05, 3.63) is 59.2 Å². The molecule has 0 aliphatic rings. The van der Waals surface area contributed by atoms with Gasteiger partial charge in [-0.15, -0.1) is 0 Å². The van der Waals surface area contributed by atoms with Crippen molar-refractivity contribution in [2.75, 3.05) is 0 Å². The molecule has 0 amide bonds. The Labute approximate surface area is 90.0 Å². The van der Waals surface area contributed by atoms with Gasteiger partial charge in [-0.05, 0) is 19.4 Å². The number of hydrogen-bond donors (Lipinski definition) is 0. The summed E-state index contributed by atoms with van der Waals surface area (Å²) in [6, 6.07) is 10.3. The summed E-state index contributed by atoms with van der Waals surface area (Å²) in [4.78, 5) is 8.43. The third kappa shape index (κ3) is 2.40. The van der Waals surface area contributed by atoms with Gasteiger partial charge in [0.25, 0.3) is 0 Å². The summed E-state index contributed by atoms with van der Waals surface area (Å²) in [7, 11) is 0. The minimum atomic E-state index is 0.782. The van der Waals surface area contributed by atoms with E-state index in [0.717, 1.165) is 23.5 Å². The lowest BCUT2D eigenvalue weighted by Gasteiger charge is -2.04. The molecule has 0 N–H and O–H groups in total. The molecule has 0 atom stereocenters. The van der Waals surface area contributed by atoms with Crippen LogP contribution in [0.2, 0.25) is 0 Å². The van der Waals surface area contributed by atoms with Gasteiger partial charge < -0.3 is 0 Å². The highest BCUT2D eigenvalue weighted by atomic mass is 14.9. The van der Waals surface area contributed by atoms with Crippen LogP contribution in [0.5, 0.6) is 0 Å². The average Bonchev–Trinajstić information content (AvgIpc) is 2.24. The molecule has 0 unspecified atom stereocenters. The molecule has 75 valence electrons. The SMILES string of the molecule is Cc1n[c]c(Cc2ccccc2)c(C)n1. The lowest BCUT2D eigenvalue weighted by Crippen LogP contribution is -1.99. The maximum absolute atomic E-state index is 4.33. The summed E-state index contributed by atoms with van der Waals surface area (Å²) in [6.07, 6.45) is 3.90. The molecule has 15 heavy (non-hydrogen) atoms. The number of hydrogen-bond acceptors (Lipinski definition) is 2. The van der Waals surface area contributed by atoms with Gasteiger partial charge in [-0.3, -0.25) is 0 Å². The normalized spacial score (nSPS) is 10.3. The Morgan fingerprint density at radius 2 is 1.87 bits per heavy atom. The molecular formula is C13H13N2. The Balaban J connectivity index is 2.25. The van der Waals surface area contributed by atoms with E-state index in [0.29, 0.717) is 0 Å². The molecule has 1 radical (unpaired) electrons. The second-order valence-electron chi connectivity index (χ2n) is 3.61. The summed E-state index contributed by atoms with van der Waals surface area (Å²) >= 11 is 0. The quantitative estimate of drug-likeness (QED) is 0.739. The van der Waals surface area contributed by atoms with Crippen molar-refractivity contribution < 1.29 is 0 Å². The van der Waals surface area contributed by atoms with Gasteiger partial charge in [0.1, 0.15) is 5.82 Å². The van der Waals surface area contributed by atoms with Gasteiger partial charge in [0.2, 0.25) is 0 Å². The fraction of sp³-hybridized carbons (Fsp3) is 0.231. The molecule has 2 nitrogen and oxygen atoms in total. The summed E-state index contributed by atoms with van der Waals surface area (Å²) in [5.41, 5.74) is 3.36. The van der Waals surface area contributed by atoms with Crippen LogP contribution in [0.25, 0.3) is 0 Å². The first-order valence-electron chi connectivity index (χ1n) is 5.01. The van der Waals surface area contributed by atoms with Gasteiger partial charge in [0.05, 0.1) is 6.20 Å². The molecule has 0 aliphatic carbocycles. The largest absolute Gasteiger partial charge is 0.238 e. The van der Waals surface area contributed by atoms with Crippen LogP contribution in [0.1, 0.15) is 22.6 Å². The van der Waals surface area contributed by atoms with E-state index in [1.54, 1.807) is 0 Å². The number of benzene rings is 1. The number of nitrogens with zero attached hydrogens (tertiary/aromatic N) is 2. The molecule has 2 heteroatoms. The van der Waals surface area contributed by atoms with Crippen LogP contribution < -0.4 is 0 Å². The van der Waals surface area contributed by atoms with Crippen LogP contribution in [0.15, 0.2) is 30.3 Å². The third-order valence-electron chi connectivity index (χ3n) is 2.34. The predicted molar refractivity (Wildman–Crippen MR) is 59.6 cm³/mol. The fourth-order valence-corrected chi connectivity index (χ4v) is 1.53. The molecule has 2 aromatic rings. The van der Waals surface area contributed by atoms with Crippen molar-refractivity contribution in [3.8, 4) is 0 Å². The molecule has 1 aromatic carbocycles. The van der Waals surface area contributed by atoms with E-state index < -0.39 is 0 Å². The van der Waals surface area contributed by atoms with E-state index >= 15 is 0 Å². The van der Waals surface area contributed by atoms with E-state index in [1.165, 1.54) is 5.56 Å². The third-order valence-corrected chi connectivity index (χ3v) is 2.34. The van der Waals surface area contributed by atoms with Crippen molar-refractivity contribution in [1.29, 1.82) is 0 Å². The first-order chi connectivity index (χ1) is 7.25.